The molecule has 1 aliphatic heterocycles. The summed E-state index contributed by atoms with van der Waals surface area (Å²) in [6, 6.07) is 20.4. The van der Waals surface area contributed by atoms with Crippen molar-refractivity contribution in [2.45, 2.75) is 39.8 Å². The number of ether oxygens (including phenoxy) is 1. The highest BCUT2D eigenvalue weighted by Gasteiger charge is 2.47. The van der Waals surface area contributed by atoms with Crippen LogP contribution in [0.2, 0.25) is 0 Å². The van der Waals surface area contributed by atoms with Gasteiger partial charge >= 0.3 is 0 Å². The van der Waals surface area contributed by atoms with Crippen LogP contribution in [0, 0.1) is 25.2 Å². The number of aryl methyl sites for hydroxylation is 2. The topological polar surface area (TPSA) is 90.6 Å². The highest BCUT2D eigenvalue weighted by molar-refractivity contribution is 6.51. The summed E-state index contributed by atoms with van der Waals surface area (Å²) in [6.45, 7) is 7.65. The first-order valence-electron chi connectivity index (χ1n) is 11.4. The van der Waals surface area contributed by atoms with Crippen molar-refractivity contribution in [2.75, 3.05) is 4.90 Å². The van der Waals surface area contributed by atoms with Crippen molar-refractivity contribution in [3.63, 3.8) is 0 Å². The van der Waals surface area contributed by atoms with Gasteiger partial charge in [0.25, 0.3) is 11.7 Å². The predicted molar refractivity (Wildman–Crippen MR) is 134 cm³/mol. The van der Waals surface area contributed by atoms with Crippen LogP contribution >= 0.6 is 0 Å². The zero-order chi connectivity index (χ0) is 25.3. The van der Waals surface area contributed by atoms with Crippen LogP contribution in [-0.4, -0.2) is 22.9 Å². The molecule has 0 aliphatic carbocycles. The Morgan fingerprint density at radius 2 is 1.74 bits per heavy atom. The Hall–Kier alpha value is -4.37. The van der Waals surface area contributed by atoms with Gasteiger partial charge in [-0.3, -0.25) is 14.5 Å². The van der Waals surface area contributed by atoms with Crippen molar-refractivity contribution in [2.24, 2.45) is 0 Å². The lowest BCUT2D eigenvalue weighted by Crippen LogP contribution is -2.29. The quantitative estimate of drug-likeness (QED) is 0.301. The maximum absolute atomic E-state index is 13.3. The lowest BCUT2D eigenvalue weighted by atomic mass is 9.93. The Balaban J connectivity index is 1.89. The monoisotopic (exact) mass is 466 g/mol. The lowest BCUT2D eigenvalue weighted by molar-refractivity contribution is -0.132. The van der Waals surface area contributed by atoms with Crippen molar-refractivity contribution < 1.29 is 19.4 Å². The average molecular weight is 467 g/mol. The third kappa shape index (κ3) is 4.53. The van der Waals surface area contributed by atoms with Gasteiger partial charge in [0, 0.05) is 11.3 Å². The van der Waals surface area contributed by atoms with Crippen LogP contribution in [-0.2, 0) is 9.59 Å². The molecule has 0 radical (unpaired) electrons. The minimum absolute atomic E-state index is 0.00721. The van der Waals surface area contributed by atoms with Gasteiger partial charge in [-0.2, -0.15) is 5.26 Å². The first-order valence-corrected chi connectivity index (χ1v) is 11.4. The molecule has 1 heterocycles. The first kappa shape index (κ1) is 23.8. The summed E-state index contributed by atoms with van der Waals surface area (Å²) in [6.07, 6.45) is -0.00721. The van der Waals surface area contributed by atoms with Gasteiger partial charge in [-0.05, 0) is 81.3 Å². The fraction of sp³-hybridized carbons (Fsp3) is 0.207. The summed E-state index contributed by atoms with van der Waals surface area (Å²) in [5.74, 6) is -1.06. The van der Waals surface area contributed by atoms with Crippen LogP contribution in [0.25, 0.3) is 5.76 Å². The highest BCUT2D eigenvalue weighted by atomic mass is 16.5. The van der Waals surface area contributed by atoms with Crippen molar-refractivity contribution in [3.8, 4) is 11.8 Å². The highest BCUT2D eigenvalue weighted by Crippen LogP contribution is 2.42. The zero-order valence-corrected chi connectivity index (χ0v) is 20.1. The van der Waals surface area contributed by atoms with Gasteiger partial charge in [0.1, 0.15) is 11.5 Å². The molecule has 176 valence electrons. The summed E-state index contributed by atoms with van der Waals surface area (Å²) < 4.78 is 5.79. The molecule has 4 rings (SSSR count). The number of rotatable bonds is 5. The van der Waals surface area contributed by atoms with Crippen LogP contribution in [0.5, 0.6) is 5.75 Å². The van der Waals surface area contributed by atoms with E-state index in [1.165, 1.54) is 4.90 Å². The van der Waals surface area contributed by atoms with Crippen molar-refractivity contribution >= 4 is 23.1 Å². The van der Waals surface area contributed by atoms with Crippen molar-refractivity contribution in [1.29, 1.82) is 5.26 Å². The number of aliphatic hydroxyl groups is 1. The van der Waals surface area contributed by atoms with Crippen LogP contribution in [0.1, 0.15) is 47.7 Å². The molecule has 3 aromatic rings. The molecule has 1 saturated heterocycles. The largest absolute Gasteiger partial charge is 0.507 e. The maximum atomic E-state index is 13.3. The number of Topliss-reactive ketones (excluding diaryl/α,β-unsaturated/α-hetero) is 1. The summed E-state index contributed by atoms with van der Waals surface area (Å²) in [5, 5.41) is 20.5. The predicted octanol–water partition coefficient (Wildman–Crippen LogP) is 5.59. The van der Waals surface area contributed by atoms with Gasteiger partial charge in [0.05, 0.1) is 29.4 Å². The summed E-state index contributed by atoms with van der Waals surface area (Å²) >= 11 is 0. The Bertz CT molecular complexity index is 1380. The number of hydrogen-bond acceptors (Lipinski definition) is 5. The molecule has 6 nitrogen and oxygen atoms in total. The molecule has 1 unspecified atom stereocenters. The molecule has 6 heteroatoms. The second-order valence-corrected chi connectivity index (χ2v) is 8.89. The number of amides is 1. The summed E-state index contributed by atoms with van der Waals surface area (Å²) in [4.78, 5) is 28.0. The fourth-order valence-corrected chi connectivity index (χ4v) is 4.29. The molecule has 0 spiro atoms. The molecule has 1 amide bonds. The third-order valence-electron chi connectivity index (χ3n) is 5.89. The number of nitriles is 1. The third-order valence-corrected chi connectivity index (χ3v) is 5.89. The minimum Gasteiger partial charge on any atom is -0.507 e. The molecule has 0 bridgehead atoms. The number of carbonyl (C=O) groups excluding carboxylic acids is 2. The van der Waals surface area contributed by atoms with Crippen LogP contribution < -0.4 is 9.64 Å². The number of benzene rings is 3. The zero-order valence-electron chi connectivity index (χ0n) is 20.1. The van der Waals surface area contributed by atoms with Crippen LogP contribution in [0.3, 0.4) is 0 Å². The smallest absolute Gasteiger partial charge is 0.300 e. The summed E-state index contributed by atoms with van der Waals surface area (Å²) in [7, 11) is 0. The van der Waals surface area contributed by atoms with E-state index in [1.807, 2.05) is 52.0 Å². The van der Waals surface area contributed by atoms with Gasteiger partial charge in [-0.1, -0.05) is 29.8 Å². The van der Waals surface area contributed by atoms with E-state index in [1.54, 1.807) is 42.5 Å². The van der Waals surface area contributed by atoms with Crippen LogP contribution in [0.4, 0.5) is 5.69 Å². The van der Waals surface area contributed by atoms with Gasteiger partial charge < -0.3 is 9.84 Å². The molecule has 3 aromatic carbocycles. The van der Waals surface area contributed by atoms with Crippen molar-refractivity contribution in [3.05, 3.63) is 100 Å². The van der Waals surface area contributed by atoms with Crippen LogP contribution in [0.15, 0.2) is 72.3 Å². The van der Waals surface area contributed by atoms with E-state index in [2.05, 4.69) is 6.07 Å². The van der Waals surface area contributed by atoms with Gasteiger partial charge in [0.2, 0.25) is 0 Å². The number of aliphatic hydroxyl groups excluding tert-OH is 1. The van der Waals surface area contributed by atoms with E-state index in [4.69, 9.17) is 10.00 Å². The van der Waals surface area contributed by atoms with E-state index in [-0.39, 0.29) is 17.4 Å². The molecular formula is C29H26N2O4. The Labute approximate surface area is 204 Å². The molecule has 1 atom stereocenters. The van der Waals surface area contributed by atoms with E-state index >= 15 is 0 Å². The molecule has 1 N–H and O–H groups in total. The molecule has 1 fully saturated rings. The maximum Gasteiger partial charge on any atom is 0.300 e. The Morgan fingerprint density at radius 3 is 2.34 bits per heavy atom. The lowest BCUT2D eigenvalue weighted by Gasteiger charge is -2.25. The van der Waals surface area contributed by atoms with Gasteiger partial charge in [0.15, 0.2) is 0 Å². The van der Waals surface area contributed by atoms with Crippen molar-refractivity contribution in [1.82, 2.24) is 0 Å². The second kappa shape index (κ2) is 9.47. The molecular weight excluding hydrogens is 440 g/mol. The number of anilines is 1. The van der Waals surface area contributed by atoms with Gasteiger partial charge in [-0.25, -0.2) is 0 Å². The van der Waals surface area contributed by atoms with Gasteiger partial charge in [-0.15, -0.1) is 0 Å². The van der Waals surface area contributed by atoms with E-state index in [0.29, 0.717) is 28.1 Å². The molecule has 35 heavy (non-hydrogen) atoms. The number of carbonyl (C=O) groups is 2. The standard InChI is InChI=1S/C29H26N2O4/c1-17(2)35-24-13-10-22(15-19(24)4)27(32)25-26(21-7-5-6-18(3)14-21)31(29(34)28(25)33)23-11-8-20(16-30)9-12-23/h5-15,17,26,32H,1-4H3/b27-25-. The number of hydrogen-bond donors (Lipinski definition) is 1. The second-order valence-electron chi connectivity index (χ2n) is 8.89. The molecule has 0 saturated carbocycles. The van der Waals surface area contributed by atoms with E-state index in [9.17, 15) is 14.7 Å². The first-order chi connectivity index (χ1) is 16.7. The minimum atomic E-state index is -0.824. The Kier molecular flexibility index (Phi) is 6.44. The number of nitrogens with zero attached hydrogens (tertiary/aromatic N) is 2. The fourth-order valence-electron chi connectivity index (χ4n) is 4.29. The van der Waals surface area contributed by atoms with E-state index < -0.39 is 17.7 Å². The number of ketones is 1. The summed E-state index contributed by atoms with van der Waals surface area (Å²) in [5.41, 5.74) is 3.81. The SMILES string of the molecule is Cc1cccc(C2/C(=C(/O)c3ccc(OC(C)C)c(C)c3)C(=O)C(=O)N2c2ccc(C#N)cc2)c1. The molecule has 0 aromatic heterocycles. The average Bonchev–Trinajstić information content (AvgIpc) is 3.10. The van der Waals surface area contributed by atoms with E-state index in [0.717, 1.165) is 11.1 Å². The Morgan fingerprint density at radius 1 is 1.03 bits per heavy atom. The molecule has 1 aliphatic rings. The normalized spacial score (nSPS) is 17.0.